The van der Waals surface area contributed by atoms with Crippen molar-refractivity contribution >= 4 is 22.7 Å². The number of amidine groups is 1. The first kappa shape index (κ1) is 28.4. The number of phenolic OH excluding ortho intramolecular Hbond substituents is 1. The average Bonchev–Trinajstić information content (AvgIpc) is 3.41. The largest absolute Gasteiger partial charge is 0.508 e. The molecule has 216 valence electrons. The molecule has 1 saturated carbocycles. The summed E-state index contributed by atoms with van der Waals surface area (Å²) in [4.78, 5) is 9.19. The van der Waals surface area contributed by atoms with Crippen molar-refractivity contribution in [3.63, 3.8) is 0 Å². The van der Waals surface area contributed by atoms with E-state index in [-0.39, 0.29) is 5.75 Å². The fourth-order valence-corrected chi connectivity index (χ4v) is 5.64. The molecule has 1 aromatic carbocycles. The van der Waals surface area contributed by atoms with Gasteiger partial charge in [0.25, 0.3) is 0 Å². The van der Waals surface area contributed by atoms with Gasteiger partial charge in [-0.25, -0.2) is 14.5 Å². The lowest BCUT2D eigenvalue weighted by Crippen LogP contribution is -2.30. The van der Waals surface area contributed by atoms with E-state index in [1.165, 1.54) is 19.3 Å². The van der Waals surface area contributed by atoms with Crippen molar-refractivity contribution < 1.29 is 9.84 Å². The smallest absolute Gasteiger partial charge is 0.213 e. The van der Waals surface area contributed by atoms with Crippen LogP contribution in [-0.4, -0.2) is 51.8 Å². The van der Waals surface area contributed by atoms with E-state index in [1.54, 1.807) is 31.5 Å². The lowest BCUT2D eigenvalue weighted by Gasteiger charge is -2.17. The summed E-state index contributed by atoms with van der Waals surface area (Å²) in [5, 5.41) is 22.0. The van der Waals surface area contributed by atoms with Crippen molar-refractivity contribution in [1.29, 1.82) is 0 Å². The maximum Gasteiger partial charge on any atom is 0.213 e. The second-order valence-corrected chi connectivity index (χ2v) is 10.9. The number of methoxy groups -OCH3 is 1. The number of fused-ring (bicyclic) bond motifs is 1. The molecule has 0 radical (unpaired) electrons. The normalized spacial score (nSPS) is 17.4. The summed E-state index contributed by atoms with van der Waals surface area (Å²) in [6, 6.07) is 9.62. The summed E-state index contributed by atoms with van der Waals surface area (Å²) < 4.78 is 7.17. The molecule has 0 bridgehead atoms. The number of benzene rings is 1. The number of rotatable bonds is 8. The highest BCUT2D eigenvalue weighted by atomic mass is 16.5. The van der Waals surface area contributed by atoms with Gasteiger partial charge in [-0.2, -0.15) is 5.10 Å². The fourth-order valence-electron chi connectivity index (χ4n) is 5.64. The number of hydrogen-bond acceptors (Lipinski definition) is 7. The van der Waals surface area contributed by atoms with E-state index in [2.05, 4.69) is 21.7 Å². The van der Waals surface area contributed by atoms with Gasteiger partial charge >= 0.3 is 0 Å². The van der Waals surface area contributed by atoms with Gasteiger partial charge in [-0.15, -0.1) is 0 Å². The number of hydrogen-bond donors (Lipinski definition) is 4. The number of aliphatic imine (C=N–C) groups is 1. The van der Waals surface area contributed by atoms with Crippen LogP contribution in [0.25, 0.3) is 16.6 Å². The molecule has 9 nitrogen and oxygen atoms in total. The molecule has 5 N–H and O–H groups in total. The molecule has 9 heteroatoms. The highest BCUT2D eigenvalue weighted by Gasteiger charge is 2.48. The lowest BCUT2D eigenvalue weighted by atomic mass is 10.0. The Labute approximate surface area is 241 Å². The maximum atomic E-state index is 9.92. The summed E-state index contributed by atoms with van der Waals surface area (Å²) in [6.07, 6.45) is 10.2. The number of aryl methyl sites for hydroxylation is 2. The van der Waals surface area contributed by atoms with Gasteiger partial charge in [0.2, 0.25) is 5.88 Å². The van der Waals surface area contributed by atoms with Gasteiger partial charge < -0.3 is 26.2 Å². The summed E-state index contributed by atoms with van der Waals surface area (Å²) in [6.45, 7) is 9.96. The Morgan fingerprint density at radius 2 is 2.05 bits per heavy atom. The lowest BCUT2D eigenvalue weighted by molar-refractivity contribution is 0.397. The van der Waals surface area contributed by atoms with Gasteiger partial charge in [0.05, 0.1) is 35.8 Å². The topological polar surface area (TPSA) is 122 Å². The molecular formula is C32H41N7O2. The highest BCUT2D eigenvalue weighted by molar-refractivity contribution is 6.06. The van der Waals surface area contributed by atoms with Crippen LogP contribution in [0.3, 0.4) is 0 Å². The summed E-state index contributed by atoms with van der Waals surface area (Å²) in [5.41, 5.74) is 14.5. The van der Waals surface area contributed by atoms with E-state index in [4.69, 9.17) is 20.6 Å². The van der Waals surface area contributed by atoms with Crippen LogP contribution in [0.1, 0.15) is 56.7 Å². The predicted octanol–water partition coefficient (Wildman–Crippen LogP) is 5.60. The quantitative estimate of drug-likeness (QED) is 0.165. The van der Waals surface area contributed by atoms with Crippen LogP contribution in [0.15, 0.2) is 53.9 Å². The Hall–Kier alpha value is -4.11. The maximum absolute atomic E-state index is 9.92. The molecule has 1 spiro atoms. The van der Waals surface area contributed by atoms with Crippen LogP contribution in [-0.2, 0) is 6.42 Å². The predicted molar refractivity (Wildman–Crippen MR) is 165 cm³/mol. The first-order chi connectivity index (χ1) is 19.9. The molecule has 1 unspecified atom stereocenters. The summed E-state index contributed by atoms with van der Waals surface area (Å²) >= 11 is 0. The number of nitrogens with two attached hydrogens (primary N) is 1. The van der Waals surface area contributed by atoms with E-state index in [1.807, 2.05) is 50.7 Å². The molecule has 3 aromatic heterocycles. The average molecular weight is 556 g/mol. The highest BCUT2D eigenvalue weighted by Crippen LogP contribution is 2.51. The van der Waals surface area contributed by atoms with Crippen molar-refractivity contribution in [1.82, 2.24) is 19.9 Å². The second-order valence-electron chi connectivity index (χ2n) is 10.9. The van der Waals surface area contributed by atoms with Crippen molar-refractivity contribution in [3.05, 3.63) is 65.6 Å². The van der Waals surface area contributed by atoms with Gasteiger partial charge in [0.15, 0.2) is 0 Å². The van der Waals surface area contributed by atoms with Crippen molar-refractivity contribution in [2.45, 2.75) is 59.4 Å². The molecule has 1 saturated heterocycles. The third-order valence-corrected chi connectivity index (χ3v) is 8.13. The monoisotopic (exact) mass is 555 g/mol. The van der Waals surface area contributed by atoms with Gasteiger partial charge in [-0.3, -0.25) is 0 Å². The molecule has 1 atom stereocenters. The Morgan fingerprint density at radius 3 is 2.73 bits per heavy atom. The van der Waals surface area contributed by atoms with E-state index in [0.717, 1.165) is 64.2 Å². The number of aromatic hydroxyl groups is 1. The van der Waals surface area contributed by atoms with Gasteiger partial charge in [0.1, 0.15) is 11.6 Å². The Morgan fingerprint density at radius 1 is 1.24 bits per heavy atom. The van der Waals surface area contributed by atoms with E-state index >= 15 is 0 Å². The Bertz CT molecular complexity index is 1570. The van der Waals surface area contributed by atoms with Crippen molar-refractivity contribution in [2.24, 2.45) is 16.1 Å². The van der Waals surface area contributed by atoms with E-state index in [9.17, 15) is 5.11 Å². The molecule has 6 rings (SSSR count). The molecule has 2 fully saturated rings. The molecule has 1 aliphatic heterocycles. The Kier molecular flexibility index (Phi) is 8.17. The second kappa shape index (κ2) is 11.8. The zero-order valence-electron chi connectivity index (χ0n) is 24.7. The summed E-state index contributed by atoms with van der Waals surface area (Å²) in [7, 11) is 1.62. The number of nitrogens with one attached hydrogen (secondary N) is 2. The molecule has 4 heterocycles. The van der Waals surface area contributed by atoms with Crippen LogP contribution in [0.2, 0.25) is 0 Å². The number of ether oxygens (including phenoxy) is 1. The van der Waals surface area contributed by atoms with Crippen LogP contribution >= 0.6 is 0 Å². The van der Waals surface area contributed by atoms with E-state index < -0.39 is 0 Å². The molecule has 2 aliphatic rings. The van der Waals surface area contributed by atoms with Gasteiger partial charge in [0, 0.05) is 48.7 Å². The third-order valence-electron chi connectivity index (χ3n) is 8.13. The van der Waals surface area contributed by atoms with Crippen LogP contribution in [0.4, 0.5) is 11.4 Å². The van der Waals surface area contributed by atoms with Crippen molar-refractivity contribution in [2.75, 3.05) is 25.5 Å². The molecule has 1 aliphatic carbocycles. The minimum absolute atomic E-state index is 0.219. The number of nitrogens with zero attached hydrogens (tertiary/aromatic N) is 4. The zero-order valence-corrected chi connectivity index (χ0v) is 24.7. The first-order valence-corrected chi connectivity index (χ1v) is 14.5. The van der Waals surface area contributed by atoms with Gasteiger partial charge in [-0.05, 0) is 73.4 Å². The molecule has 4 aromatic rings. The molecule has 41 heavy (non-hydrogen) atoms. The summed E-state index contributed by atoms with van der Waals surface area (Å²) in [5.74, 6) is 1.18. The SMILES string of the molecule is CC.CCc1cc(O)ccc1N=C(N)c1cnn2cc(-c3cnc(OC)cc3C)cc2c1NCC1CC2(CC2)CN1. The minimum atomic E-state index is 0.219. The van der Waals surface area contributed by atoms with Gasteiger partial charge in [-0.1, -0.05) is 20.8 Å². The van der Waals surface area contributed by atoms with Crippen LogP contribution in [0.5, 0.6) is 11.6 Å². The van der Waals surface area contributed by atoms with Crippen molar-refractivity contribution in [3.8, 4) is 22.8 Å². The van der Waals surface area contributed by atoms with Crippen LogP contribution in [0, 0.1) is 12.3 Å². The minimum Gasteiger partial charge on any atom is -0.508 e. The van der Waals surface area contributed by atoms with E-state index in [0.29, 0.717) is 23.2 Å². The third kappa shape index (κ3) is 5.86. The standard InChI is InChI=1S/C30H35N7O2.C2H6/c1-4-19-10-22(38)5-6-25(19)36-29(31)24-15-35-37-16-20(23-14-32-27(39-3)9-18(23)2)11-26(37)28(24)33-13-21-12-30(7-8-30)17-34-21;1-2/h5-6,9-11,14-16,21,33-34,38H,4,7-8,12-13,17H2,1-3H3,(H2,31,36);1-2H3. The Balaban J connectivity index is 0.00000165. The fraction of sp³-hybridized carbons (Fsp3) is 0.406. The number of pyridine rings is 1. The number of aromatic nitrogens is 3. The first-order valence-electron chi connectivity index (χ1n) is 14.5. The number of phenols is 1. The molecular weight excluding hydrogens is 514 g/mol. The van der Waals surface area contributed by atoms with Crippen LogP contribution < -0.4 is 21.1 Å². The number of anilines is 1. The molecule has 0 amide bonds. The zero-order chi connectivity index (χ0) is 29.1.